The molecule has 3 rings (SSSR count). The van der Waals surface area contributed by atoms with Gasteiger partial charge in [-0.2, -0.15) is 5.26 Å². The Morgan fingerprint density at radius 3 is 2.15 bits per heavy atom. The zero-order valence-corrected chi connectivity index (χ0v) is 16.3. The predicted octanol–water partition coefficient (Wildman–Crippen LogP) is 7.07. The molecule has 0 saturated heterocycles. The fraction of sp³-hybridized carbons (Fsp3) is 0.480. The maximum atomic E-state index is 8.95. The van der Waals surface area contributed by atoms with Gasteiger partial charge >= 0.3 is 0 Å². The molecule has 1 heteroatoms. The Kier molecular flexibility index (Phi) is 6.51. The van der Waals surface area contributed by atoms with Crippen LogP contribution in [0.5, 0.6) is 0 Å². The maximum Gasteiger partial charge on any atom is 0.0991 e. The maximum absolute atomic E-state index is 8.95. The number of aryl methyl sites for hydroxylation is 2. The van der Waals surface area contributed by atoms with E-state index in [0.717, 1.165) is 17.4 Å². The van der Waals surface area contributed by atoms with Crippen molar-refractivity contribution in [2.45, 2.75) is 65.2 Å². The molecule has 0 atom stereocenters. The van der Waals surface area contributed by atoms with Crippen molar-refractivity contribution in [2.75, 3.05) is 0 Å². The van der Waals surface area contributed by atoms with E-state index in [9.17, 15) is 0 Å². The van der Waals surface area contributed by atoms with Crippen molar-refractivity contribution >= 4 is 0 Å². The lowest BCUT2D eigenvalue weighted by Crippen LogP contribution is -2.15. The van der Waals surface area contributed by atoms with E-state index >= 15 is 0 Å². The van der Waals surface area contributed by atoms with Crippen LogP contribution in [0.2, 0.25) is 0 Å². The summed E-state index contributed by atoms with van der Waals surface area (Å²) in [4.78, 5) is 0. The highest BCUT2D eigenvalue weighted by molar-refractivity contribution is 5.68. The number of benzene rings is 2. The minimum atomic E-state index is 0.719. The average Bonchev–Trinajstić information content (AvgIpc) is 2.68. The van der Waals surface area contributed by atoms with Crippen molar-refractivity contribution < 1.29 is 0 Å². The van der Waals surface area contributed by atoms with Gasteiger partial charge in [-0.25, -0.2) is 0 Å². The van der Waals surface area contributed by atoms with Gasteiger partial charge in [0.05, 0.1) is 11.6 Å². The molecule has 0 aromatic heterocycles. The molecule has 0 N–H and O–H groups in total. The summed E-state index contributed by atoms with van der Waals surface area (Å²) >= 11 is 0. The van der Waals surface area contributed by atoms with Gasteiger partial charge in [-0.3, -0.25) is 0 Å². The van der Waals surface area contributed by atoms with Crippen molar-refractivity contribution in [3.05, 3.63) is 59.2 Å². The number of nitrogens with zero attached hydrogens (tertiary/aromatic N) is 1. The van der Waals surface area contributed by atoms with Gasteiger partial charge in [0.2, 0.25) is 0 Å². The summed E-state index contributed by atoms with van der Waals surface area (Å²) in [6.07, 6.45) is 11.1. The largest absolute Gasteiger partial charge is 0.192 e. The Labute approximate surface area is 159 Å². The third kappa shape index (κ3) is 4.76. The lowest BCUT2D eigenvalue weighted by atomic mass is 9.78. The molecule has 1 fully saturated rings. The molecular weight excluding hydrogens is 314 g/mol. The van der Waals surface area contributed by atoms with Crippen molar-refractivity contribution in [3.63, 3.8) is 0 Å². The molecule has 2 aromatic rings. The number of hydrogen-bond donors (Lipinski definition) is 0. The molecule has 2 aromatic carbocycles. The van der Waals surface area contributed by atoms with Gasteiger partial charge < -0.3 is 0 Å². The molecule has 1 saturated carbocycles. The van der Waals surface area contributed by atoms with Gasteiger partial charge in [0.25, 0.3) is 0 Å². The van der Waals surface area contributed by atoms with E-state index in [2.05, 4.69) is 50.2 Å². The summed E-state index contributed by atoms with van der Waals surface area (Å²) in [5, 5.41) is 8.95. The standard InChI is InChI=1S/C25H31N/c1-3-4-20-5-7-21(8-6-20)9-10-22-13-16-25(19(2)17-22)24-14-11-23(18-26)12-15-24/h11-17,20-21H,3-10H2,1-2H3/t20-,21-. The fourth-order valence-electron chi connectivity index (χ4n) is 4.52. The predicted molar refractivity (Wildman–Crippen MR) is 110 cm³/mol. The highest BCUT2D eigenvalue weighted by Gasteiger charge is 2.20. The fourth-order valence-corrected chi connectivity index (χ4v) is 4.52. The molecule has 0 aliphatic heterocycles. The highest BCUT2D eigenvalue weighted by atomic mass is 14.3. The van der Waals surface area contributed by atoms with Crippen molar-refractivity contribution in [2.24, 2.45) is 11.8 Å². The monoisotopic (exact) mass is 345 g/mol. The first-order valence-electron chi connectivity index (χ1n) is 10.3. The summed E-state index contributed by atoms with van der Waals surface area (Å²) in [7, 11) is 0. The summed E-state index contributed by atoms with van der Waals surface area (Å²) < 4.78 is 0. The van der Waals surface area contributed by atoms with E-state index in [0.29, 0.717) is 0 Å². The summed E-state index contributed by atoms with van der Waals surface area (Å²) in [6, 6.07) is 17.0. The van der Waals surface area contributed by atoms with Crippen LogP contribution in [0.15, 0.2) is 42.5 Å². The first kappa shape index (κ1) is 18.7. The normalized spacial score (nSPS) is 19.9. The quantitative estimate of drug-likeness (QED) is 0.549. The molecule has 1 nitrogen and oxygen atoms in total. The van der Waals surface area contributed by atoms with E-state index in [1.807, 2.05) is 12.1 Å². The molecule has 1 aliphatic carbocycles. The van der Waals surface area contributed by atoms with Crippen LogP contribution in [0.1, 0.15) is 68.6 Å². The van der Waals surface area contributed by atoms with Crippen LogP contribution < -0.4 is 0 Å². The highest BCUT2D eigenvalue weighted by Crippen LogP contribution is 2.34. The van der Waals surface area contributed by atoms with Crippen molar-refractivity contribution in [1.29, 1.82) is 5.26 Å². The summed E-state index contributed by atoms with van der Waals surface area (Å²) in [5.74, 6) is 1.94. The number of rotatable bonds is 6. The molecule has 0 bridgehead atoms. The minimum Gasteiger partial charge on any atom is -0.192 e. The first-order chi connectivity index (χ1) is 12.7. The molecule has 0 amide bonds. The zero-order chi connectivity index (χ0) is 18.4. The van der Waals surface area contributed by atoms with Crippen LogP contribution in [0.25, 0.3) is 11.1 Å². The SMILES string of the molecule is CCC[C@H]1CC[C@H](CCc2ccc(-c3ccc(C#N)cc3)c(C)c2)CC1. The van der Waals surface area contributed by atoms with Crippen LogP contribution in [-0.2, 0) is 6.42 Å². The van der Waals surface area contributed by atoms with E-state index < -0.39 is 0 Å². The Morgan fingerprint density at radius 2 is 1.58 bits per heavy atom. The molecule has 1 aliphatic rings. The van der Waals surface area contributed by atoms with E-state index in [-0.39, 0.29) is 0 Å². The topological polar surface area (TPSA) is 23.8 Å². The summed E-state index contributed by atoms with van der Waals surface area (Å²) in [6.45, 7) is 4.52. The second-order valence-corrected chi connectivity index (χ2v) is 8.05. The first-order valence-corrected chi connectivity index (χ1v) is 10.3. The van der Waals surface area contributed by atoms with Crippen LogP contribution in [0, 0.1) is 30.1 Å². The van der Waals surface area contributed by atoms with Crippen LogP contribution >= 0.6 is 0 Å². The van der Waals surface area contributed by atoms with Gasteiger partial charge in [-0.05, 0) is 66.0 Å². The lowest BCUT2D eigenvalue weighted by molar-refractivity contribution is 0.252. The Bertz CT molecular complexity index is 743. The second-order valence-electron chi connectivity index (χ2n) is 8.05. The molecule has 0 radical (unpaired) electrons. The second kappa shape index (κ2) is 9.04. The summed E-state index contributed by atoms with van der Waals surface area (Å²) in [5.41, 5.74) is 5.99. The van der Waals surface area contributed by atoms with Gasteiger partial charge in [0.15, 0.2) is 0 Å². The van der Waals surface area contributed by atoms with Gasteiger partial charge in [-0.15, -0.1) is 0 Å². The zero-order valence-electron chi connectivity index (χ0n) is 16.3. The number of hydrogen-bond acceptors (Lipinski definition) is 1. The third-order valence-electron chi connectivity index (χ3n) is 6.12. The van der Waals surface area contributed by atoms with Crippen LogP contribution in [-0.4, -0.2) is 0 Å². The Morgan fingerprint density at radius 1 is 0.923 bits per heavy atom. The van der Waals surface area contributed by atoms with Crippen molar-refractivity contribution in [1.82, 2.24) is 0 Å². The lowest BCUT2D eigenvalue weighted by Gasteiger charge is -2.28. The van der Waals surface area contributed by atoms with Crippen LogP contribution in [0.4, 0.5) is 0 Å². The molecule has 0 heterocycles. The Hall–Kier alpha value is -2.07. The molecule has 0 unspecified atom stereocenters. The Balaban J connectivity index is 1.57. The molecular formula is C25H31N. The van der Waals surface area contributed by atoms with Gasteiger partial charge in [0, 0.05) is 0 Å². The number of nitriles is 1. The third-order valence-corrected chi connectivity index (χ3v) is 6.12. The molecule has 26 heavy (non-hydrogen) atoms. The minimum absolute atomic E-state index is 0.719. The van der Waals surface area contributed by atoms with Gasteiger partial charge in [0.1, 0.15) is 0 Å². The van der Waals surface area contributed by atoms with E-state index in [4.69, 9.17) is 5.26 Å². The van der Waals surface area contributed by atoms with Crippen molar-refractivity contribution in [3.8, 4) is 17.2 Å². The van der Waals surface area contributed by atoms with E-state index in [1.54, 1.807) is 0 Å². The van der Waals surface area contributed by atoms with E-state index in [1.165, 1.54) is 73.6 Å². The smallest absolute Gasteiger partial charge is 0.0991 e. The van der Waals surface area contributed by atoms with Crippen LogP contribution in [0.3, 0.4) is 0 Å². The average molecular weight is 346 g/mol. The van der Waals surface area contributed by atoms with Gasteiger partial charge in [-0.1, -0.05) is 75.8 Å². The molecule has 0 spiro atoms. The molecule has 136 valence electrons.